The Labute approximate surface area is 147 Å². The Balaban J connectivity index is 1.68. The maximum Gasteiger partial charge on any atom is 0.312 e. The quantitative estimate of drug-likeness (QED) is 0.854. The molecular formula is C17H16FNO3S2. The van der Waals surface area contributed by atoms with Crippen molar-refractivity contribution in [3.05, 3.63) is 57.5 Å². The molecule has 0 aliphatic carbocycles. The van der Waals surface area contributed by atoms with Crippen molar-refractivity contribution in [2.24, 2.45) is 0 Å². The number of carboxylic acids is 1. The number of rotatable bonds is 5. The number of fused-ring (bicyclic) bond motifs is 1. The number of aryl methyl sites for hydroxylation is 1. The Hall–Kier alpha value is -1.86. The van der Waals surface area contributed by atoms with Gasteiger partial charge in [-0.05, 0) is 46.9 Å². The largest absolute Gasteiger partial charge is 0.481 e. The van der Waals surface area contributed by atoms with Crippen molar-refractivity contribution in [2.75, 3.05) is 12.3 Å². The molecule has 0 spiro atoms. The molecule has 1 aliphatic heterocycles. The zero-order chi connectivity index (χ0) is 17.1. The smallest absolute Gasteiger partial charge is 0.312 e. The molecule has 24 heavy (non-hydrogen) atoms. The zero-order valence-electron chi connectivity index (χ0n) is 12.7. The van der Waals surface area contributed by atoms with E-state index in [9.17, 15) is 19.1 Å². The predicted molar refractivity (Wildman–Crippen MR) is 93.0 cm³/mol. The van der Waals surface area contributed by atoms with Crippen molar-refractivity contribution in [3.63, 3.8) is 0 Å². The molecule has 0 bridgehead atoms. The molecule has 1 amide bonds. The highest BCUT2D eigenvalue weighted by Crippen LogP contribution is 2.39. The van der Waals surface area contributed by atoms with Crippen LogP contribution in [0.25, 0.3) is 0 Å². The SMILES string of the molecule is O=C(O)C(CNC(=O)C1SCCc2sccc21)c1ccc(F)cc1. The molecular weight excluding hydrogens is 349 g/mol. The lowest BCUT2D eigenvalue weighted by Crippen LogP contribution is -2.35. The second-order valence-electron chi connectivity index (χ2n) is 5.49. The third kappa shape index (κ3) is 3.62. The Morgan fingerprint density at radius 1 is 1.29 bits per heavy atom. The van der Waals surface area contributed by atoms with Crippen molar-refractivity contribution >= 4 is 35.0 Å². The molecule has 2 atom stereocenters. The number of carbonyl (C=O) groups is 2. The van der Waals surface area contributed by atoms with Crippen molar-refractivity contribution in [1.29, 1.82) is 0 Å². The van der Waals surface area contributed by atoms with Crippen LogP contribution in [0.4, 0.5) is 4.39 Å². The molecule has 7 heteroatoms. The topological polar surface area (TPSA) is 66.4 Å². The first-order chi connectivity index (χ1) is 11.6. The van der Waals surface area contributed by atoms with Crippen LogP contribution in [0.2, 0.25) is 0 Å². The van der Waals surface area contributed by atoms with Crippen LogP contribution in [0.1, 0.15) is 27.2 Å². The van der Waals surface area contributed by atoms with Gasteiger partial charge < -0.3 is 10.4 Å². The molecule has 4 nitrogen and oxygen atoms in total. The van der Waals surface area contributed by atoms with Crippen molar-refractivity contribution in [2.45, 2.75) is 17.6 Å². The monoisotopic (exact) mass is 365 g/mol. The summed E-state index contributed by atoms with van der Waals surface area (Å²) in [6.07, 6.45) is 0.967. The van der Waals surface area contributed by atoms with E-state index in [4.69, 9.17) is 0 Å². The summed E-state index contributed by atoms with van der Waals surface area (Å²) in [5.41, 5.74) is 1.50. The van der Waals surface area contributed by atoms with Crippen LogP contribution in [-0.4, -0.2) is 29.3 Å². The highest BCUT2D eigenvalue weighted by Gasteiger charge is 2.29. The molecule has 1 aliphatic rings. The summed E-state index contributed by atoms with van der Waals surface area (Å²) in [4.78, 5) is 25.2. The summed E-state index contributed by atoms with van der Waals surface area (Å²) in [6.45, 7) is -0.0175. The molecule has 3 rings (SSSR count). The first-order valence-corrected chi connectivity index (χ1v) is 9.43. The van der Waals surface area contributed by atoms with Gasteiger partial charge in [-0.25, -0.2) is 4.39 Å². The fraction of sp³-hybridized carbons (Fsp3) is 0.294. The van der Waals surface area contributed by atoms with E-state index in [1.807, 2.05) is 11.4 Å². The minimum atomic E-state index is -1.05. The molecule has 1 aromatic heterocycles. The third-order valence-electron chi connectivity index (χ3n) is 3.97. The number of hydrogen-bond acceptors (Lipinski definition) is 4. The molecule has 2 N–H and O–H groups in total. The van der Waals surface area contributed by atoms with Crippen molar-refractivity contribution < 1.29 is 19.1 Å². The van der Waals surface area contributed by atoms with E-state index in [0.29, 0.717) is 5.56 Å². The molecule has 126 valence electrons. The number of thiophene rings is 1. The lowest BCUT2D eigenvalue weighted by atomic mass is 9.99. The fourth-order valence-electron chi connectivity index (χ4n) is 2.70. The summed E-state index contributed by atoms with van der Waals surface area (Å²) < 4.78 is 13.0. The van der Waals surface area contributed by atoms with Gasteiger partial charge in [0.05, 0.1) is 5.92 Å². The van der Waals surface area contributed by atoms with Crippen molar-refractivity contribution in [1.82, 2.24) is 5.32 Å². The number of hydrogen-bond donors (Lipinski definition) is 2. The van der Waals surface area contributed by atoms with E-state index in [0.717, 1.165) is 17.7 Å². The second kappa shape index (κ2) is 7.36. The first-order valence-electron chi connectivity index (χ1n) is 7.50. The standard InChI is InChI=1S/C17H16FNO3S2/c18-11-3-1-10(2-4-11)13(17(21)22)9-19-16(20)15-12-5-7-23-14(12)6-8-24-15/h1-5,7,13,15H,6,8-9H2,(H,19,20)(H,21,22). The summed E-state index contributed by atoms with van der Waals surface area (Å²) in [5, 5.41) is 13.8. The van der Waals surface area contributed by atoms with Gasteiger partial charge in [0, 0.05) is 11.4 Å². The van der Waals surface area contributed by atoms with Gasteiger partial charge in [0.1, 0.15) is 11.1 Å². The normalized spacial score (nSPS) is 17.8. The van der Waals surface area contributed by atoms with Gasteiger partial charge in [0.2, 0.25) is 5.91 Å². The number of thioether (sulfide) groups is 1. The maximum absolute atomic E-state index is 13.0. The summed E-state index contributed by atoms with van der Waals surface area (Å²) >= 11 is 3.23. The van der Waals surface area contributed by atoms with Crippen LogP contribution in [-0.2, 0) is 16.0 Å². The Morgan fingerprint density at radius 2 is 2.04 bits per heavy atom. The molecule has 2 unspecified atom stereocenters. The van der Waals surface area contributed by atoms with Crippen LogP contribution in [0.15, 0.2) is 35.7 Å². The number of nitrogens with one attached hydrogen (secondary N) is 1. The van der Waals surface area contributed by atoms with Crippen molar-refractivity contribution in [3.8, 4) is 0 Å². The van der Waals surface area contributed by atoms with Gasteiger partial charge in [-0.1, -0.05) is 12.1 Å². The van der Waals surface area contributed by atoms with Gasteiger partial charge in [0.15, 0.2) is 0 Å². The van der Waals surface area contributed by atoms with Gasteiger partial charge >= 0.3 is 5.97 Å². The van der Waals surface area contributed by atoms with E-state index in [2.05, 4.69) is 5.32 Å². The van der Waals surface area contributed by atoms with E-state index in [1.165, 1.54) is 29.1 Å². The molecule has 0 saturated carbocycles. The number of aliphatic carboxylic acids is 1. The average molecular weight is 365 g/mol. The number of carbonyl (C=O) groups excluding carboxylic acids is 1. The van der Waals surface area contributed by atoms with Gasteiger partial charge in [0.25, 0.3) is 0 Å². The molecule has 2 heterocycles. The average Bonchev–Trinajstić information content (AvgIpc) is 3.04. The van der Waals surface area contributed by atoms with E-state index in [-0.39, 0.29) is 17.7 Å². The lowest BCUT2D eigenvalue weighted by molar-refractivity contribution is -0.138. The number of benzene rings is 1. The Kier molecular flexibility index (Phi) is 5.20. The van der Waals surface area contributed by atoms with E-state index in [1.54, 1.807) is 23.1 Å². The zero-order valence-corrected chi connectivity index (χ0v) is 14.3. The highest BCUT2D eigenvalue weighted by atomic mass is 32.2. The van der Waals surface area contributed by atoms with Gasteiger partial charge in [-0.15, -0.1) is 23.1 Å². The minimum absolute atomic E-state index is 0.0175. The molecule has 0 fully saturated rings. The highest BCUT2D eigenvalue weighted by molar-refractivity contribution is 8.00. The molecule has 0 radical (unpaired) electrons. The number of amides is 1. The summed E-state index contributed by atoms with van der Waals surface area (Å²) in [5.74, 6) is -1.66. The van der Waals surface area contributed by atoms with Gasteiger partial charge in [-0.2, -0.15) is 0 Å². The summed E-state index contributed by atoms with van der Waals surface area (Å²) in [7, 11) is 0. The van der Waals surface area contributed by atoms with Gasteiger partial charge in [-0.3, -0.25) is 9.59 Å². The van der Waals surface area contributed by atoms with E-state index >= 15 is 0 Å². The molecule has 1 aromatic carbocycles. The van der Waals surface area contributed by atoms with Crippen LogP contribution in [0.3, 0.4) is 0 Å². The van der Waals surface area contributed by atoms with E-state index < -0.39 is 17.7 Å². The van der Waals surface area contributed by atoms with Crippen LogP contribution in [0, 0.1) is 5.82 Å². The summed E-state index contributed by atoms with van der Waals surface area (Å²) in [6, 6.07) is 7.29. The minimum Gasteiger partial charge on any atom is -0.481 e. The first kappa shape index (κ1) is 17.0. The number of halogens is 1. The lowest BCUT2D eigenvalue weighted by Gasteiger charge is -2.22. The maximum atomic E-state index is 13.0. The van der Waals surface area contributed by atoms with Crippen LogP contribution in [0.5, 0.6) is 0 Å². The molecule has 2 aromatic rings. The van der Waals surface area contributed by atoms with Crippen LogP contribution >= 0.6 is 23.1 Å². The molecule has 0 saturated heterocycles. The predicted octanol–water partition coefficient (Wildman–Crippen LogP) is 3.20. The Morgan fingerprint density at radius 3 is 2.75 bits per heavy atom. The fourth-order valence-corrected chi connectivity index (χ4v) is 5.02. The second-order valence-corrected chi connectivity index (χ2v) is 7.70. The third-order valence-corrected chi connectivity index (χ3v) is 6.20. The number of carboxylic acid groups (broad SMARTS) is 1. The Bertz CT molecular complexity index is 745. The van der Waals surface area contributed by atoms with Crippen LogP contribution < -0.4 is 5.32 Å².